The average Bonchev–Trinajstić information content (AvgIpc) is 2.28. The fourth-order valence-corrected chi connectivity index (χ4v) is 1.01. The molecule has 0 radical (unpaired) electrons. The van der Waals surface area contributed by atoms with Gasteiger partial charge in [-0.3, -0.25) is 19.7 Å². The number of carbonyl (C=O) groups excluding carboxylic acids is 3. The lowest BCUT2D eigenvalue weighted by Gasteiger charge is -2.05. The van der Waals surface area contributed by atoms with Gasteiger partial charge in [-0.2, -0.15) is 0 Å². The van der Waals surface area contributed by atoms with Gasteiger partial charge in [-0.1, -0.05) is 0 Å². The maximum Gasteiger partial charge on any atom is 0.321 e. The predicted octanol–water partition coefficient (Wildman–Crippen LogP) is -0.370. The molecule has 0 saturated carbocycles. The van der Waals surface area contributed by atoms with Crippen molar-refractivity contribution < 1.29 is 29.0 Å². The lowest BCUT2D eigenvalue weighted by atomic mass is 10.2. The van der Waals surface area contributed by atoms with E-state index in [-0.39, 0.29) is 32.2 Å². The molecule has 0 aromatic carbocycles. The molecule has 0 rings (SSSR count). The highest BCUT2D eigenvalue weighted by atomic mass is 16.5. The summed E-state index contributed by atoms with van der Waals surface area (Å²) >= 11 is 0. The van der Waals surface area contributed by atoms with Crippen LogP contribution in [-0.2, 0) is 19.1 Å². The SMILES string of the molecule is COC(=O)CCNC(=O)NC(=O)CCCC(=O)O. The maximum absolute atomic E-state index is 11.1. The summed E-state index contributed by atoms with van der Waals surface area (Å²) in [6.07, 6.45) is 0.00182. The first kappa shape index (κ1) is 15.9. The minimum atomic E-state index is -0.995. The van der Waals surface area contributed by atoms with Crippen LogP contribution in [0.5, 0.6) is 0 Å². The van der Waals surface area contributed by atoms with Gasteiger partial charge >= 0.3 is 18.0 Å². The van der Waals surface area contributed by atoms with Crippen molar-refractivity contribution in [3.8, 4) is 0 Å². The van der Waals surface area contributed by atoms with Crippen molar-refractivity contribution in [2.75, 3.05) is 13.7 Å². The smallest absolute Gasteiger partial charge is 0.321 e. The van der Waals surface area contributed by atoms with Crippen LogP contribution in [0.4, 0.5) is 4.79 Å². The van der Waals surface area contributed by atoms with Crippen LogP contribution >= 0.6 is 0 Å². The largest absolute Gasteiger partial charge is 0.481 e. The van der Waals surface area contributed by atoms with Crippen LogP contribution in [0.1, 0.15) is 25.7 Å². The number of esters is 1. The van der Waals surface area contributed by atoms with E-state index in [2.05, 4.69) is 10.1 Å². The van der Waals surface area contributed by atoms with E-state index in [1.807, 2.05) is 5.32 Å². The number of rotatable bonds is 7. The molecule has 0 unspecified atom stereocenters. The van der Waals surface area contributed by atoms with Gasteiger partial charge in [0.2, 0.25) is 5.91 Å². The molecular formula is C10H16N2O6. The van der Waals surface area contributed by atoms with Gasteiger partial charge in [0.25, 0.3) is 0 Å². The third-order valence-corrected chi connectivity index (χ3v) is 1.89. The molecule has 0 bridgehead atoms. The zero-order valence-electron chi connectivity index (χ0n) is 10.0. The number of imide groups is 1. The number of nitrogens with one attached hydrogen (secondary N) is 2. The van der Waals surface area contributed by atoms with Crippen LogP contribution in [0.25, 0.3) is 0 Å². The number of hydrogen-bond acceptors (Lipinski definition) is 5. The summed E-state index contributed by atoms with van der Waals surface area (Å²) in [4.78, 5) is 43.1. The summed E-state index contributed by atoms with van der Waals surface area (Å²) in [6, 6.07) is -0.723. The highest BCUT2D eigenvalue weighted by Gasteiger charge is 2.08. The Hall–Kier alpha value is -2.12. The molecule has 0 spiro atoms. The van der Waals surface area contributed by atoms with E-state index < -0.39 is 23.9 Å². The minimum absolute atomic E-state index is 0.0110. The molecule has 3 N–H and O–H groups in total. The number of carbonyl (C=O) groups is 4. The van der Waals surface area contributed by atoms with Crippen LogP contribution in [0.3, 0.4) is 0 Å². The van der Waals surface area contributed by atoms with Gasteiger partial charge in [-0.05, 0) is 6.42 Å². The Kier molecular flexibility index (Phi) is 7.91. The Morgan fingerprint density at radius 2 is 1.78 bits per heavy atom. The van der Waals surface area contributed by atoms with Crippen molar-refractivity contribution in [3.05, 3.63) is 0 Å². The molecular weight excluding hydrogens is 244 g/mol. The molecule has 8 nitrogen and oxygen atoms in total. The summed E-state index contributed by atoms with van der Waals surface area (Å²) in [5.74, 6) is -2.03. The number of carboxylic acids is 1. The Balaban J connectivity index is 3.64. The molecule has 0 fully saturated rings. The fraction of sp³-hybridized carbons (Fsp3) is 0.600. The number of aliphatic carboxylic acids is 1. The number of ether oxygens (including phenoxy) is 1. The topological polar surface area (TPSA) is 122 Å². The van der Waals surface area contributed by atoms with Crippen LogP contribution in [0, 0.1) is 0 Å². The second-order valence-electron chi connectivity index (χ2n) is 3.38. The summed E-state index contributed by atoms with van der Waals surface area (Å²) in [6.45, 7) is 0.0565. The van der Waals surface area contributed by atoms with Gasteiger partial charge in [0.1, 0.15) is 0 Å². The average molecular weight is 260 g/mol. The standard InChI is InChI=1S/C10H16N2O6/c1-18-9(16)5-6-11-10(17)12-7(13)3-2-4-8(14)15/h2-6H2,1H3,(H,14,15)(H2,11,12,13,17). The zero-order valence-corrected chi connectivity index (χ0v) is 10.0. The minimum Gasteiger partial charge on any atom is -0.481 e. The molecule has 0 aromatic heterocycles. The third kappa shape index (κ3) is 9.13. The second kappa shape index (κ2) is 8.97. The first-order valence-corrected chi connectivity index (χ1v) is 5.32. The molecule has 0 aromatic rings. The molecule has 0 atom stereocenters. The monoisotopic (exact) mass is 260 g/mol. The van der Waals surface area contributed by atoms with Crippen molar-refractivity contribution in [3.63, 3.8) is 0 Å². The highest BCUT2D eigenvalue weighted by Crippen LogP contribution is 1.94. The quantitative estimate of drug-likeness (QED) is 0.537. The number of methoxy groups -OCH3 is 1. The van der Waals surface area contributed by atoms with Gasteiger partial charge in [-0.25, -0.2) is 4.79 Å². The van der Waals surface area contributed by atoms with Gasteiger partial charge in [0, 0.05) is 19.4 Å². The normalized spacial score (nSPS) is 9.39. The van der Waals surface area contributed by atoms with Crippen molar-refractivity contribution in [2.24, 2.45) is 0 Å². The van der Waals surface area contributed by atoms with E-state index in [0.29, 0.717) is 0 Å². The first-order valence-electron chi connectivity index (χ1n) is 5.32. The van der Waals surface area contributed by atoms with Gasteiger partial charge in [0.05, 0.1) is 13.5 Å². The maximum atomic E-state index is 11.1. The number of carboxylic acid groups (broad SMARTS) is 1. The lowest BCUT2D eigenvalue weighted by Crippen LogP contribution is -2.40. The number of hydrogen-bond donors (Lipinski definition) is 3. The van der Waals surface area contributed by atoms with Crippen LogP contribution in [0.2, 0.25) is 0 Å². The fourth-order valence-electron chi connectivity index (χ4n) is 1.01. The van der Waals surface area contributed by atoms with Crippen LogP contribution in [0.15, 0.2) is 0 Å². The van der Waals surface area contributed by atoms with E-state index in [9.17, 15) is 19.2 Å². The van der Waals surface area contributed by atoms with Gasteiger partial charge in [0.15, 0.2) is 0 Å². The number of amides is 3. The lowest BCUT2D eigenvalue weighted by molar-refractivity contribution is -0.140. The van der Waals surface area contributed by atoms with E-state index in [1.165, 1.54) is 7.11 Å². The number of urea groups is 1. The Morgan fingerprint density at radius 1 is 1.11 bits per heavy atom. The Bertz CT molecular complexity index is 328. The molecule has 18 heavy (non-hydrogen) atoms. The van der Waals surface area contributed by atoms with Crippen LogP contribution < -0.4 is 10.6 Å². The first-order chi connectivity index (χ1) is 8.45. The van der Waals surface area contributed by atoms with Gasteiger partial charge in [-0.15, -0.1) is 0 Å². The molecule has 0 aliphatic heterocycles. The third-order valence-electron chi connectivity index (χ3n) is 1.89. The molecule has 102 valence electrons. The Labute approximate surface area is 104 Å². The predicted molar refractivity (Wildman–Crippen MR) is 59.7 cm³/mol. The van der Waals surface area contributed by atoms with Crippen molar-refractivity contribution in [1.82, 2.24) is 10.6 Å². The van der Waals surface area contributed by atoms with E-state index in [1.54, 1.807) is 0 Å². The molecule has 0 saturated heterocycles. The Morgan fingerprint density at radius 3 is 2.33 bits per heavy atom. The van der Waals surface area contributed by atoms with E-state index in [4.69, 9.17) is 5.11 Å². The molecule has 3 amide bonds. The summed E-state index contributed by atoms with van der Waals surface area (Å²) < 4.78 is 4.36. The van der Waals surface area contributed by atoms with Crippen molar-refractivity contribution >= 4 is 23.9 Å². The molecule has 8 heteroatoms. The van der Waals surface area contributed by atoms with E-state index >= 15 is 0 Å². The highest BCUT2D eigenvalue weighted by molar-refractivity contribution is 5.94. The van der Waals surface area contributed by atoms with Crippen molar-refractivity contribution in [2.45, 2.75) is 25.7 Å². The zero-order chi connectivity index (χ0) is 14.0. The van der Waals surface area contributed by atoms with Gasteiger partial charge < -0.3 is 15.2 Å². The second-order valence-corrected chi connectivity index (χ2v) is 3.38. The van der Waals surface area contributed by atoms with E-state index in [0.717, 1.165) is 0 Å². The summed E-state index contributed by atoms with van der Waals surface area (Å²) in [7, 11) is 1.23. The van der Waals surface area contributed by atoms with Crippen molar-refractivity contribution in [1.29, 1.82) is 0 Å². The molecule has 0 aliphatic carbocycles. The molecule has 0 aliphatic rings. The molecule has 0 heterocycles. The summed E-state index contributed by atoms with van der Waals surface area (Å²) in [5.41, 5.74) is 0. The van der Waals surface area contributed by atoms with Crippen LogP contribution in [-0.4, -0.2) is 42.6 Å². The summed E-state index contributed by atoms with van der Waals surface area (Å²) in [5, 5.41) is 12.6.